The zero-order valence-corrected chi connectivity index (χ0v) is 16.7. The van der Waals surface area contributed by atoms with Crippen molar-refractivity contribution in [2.24, 2.45) is 0 Å². The number of fused-ring (bicyclic) bond motifs is 1. The number of H-pyrrole nitrogens is 1. The van der Waals surface area contributed by atoms with Crippen LogP contribution in [-0.2, 0) is 4.79 Å². The van der Waals surface area contributed by atoms with Gasteiger partial charge in [-0.3, -0.25) is 9.59 Å². The van der Waals surface area contributed by atoms with Crippen LogP contribution in [0.15, 0.2) is 66.9 Å². The predicted octanol–water partition coefficient (Wildman–Crippen LogP) is 3.97. The Morgan fingerprint density at radius 3 is 2.65 bits per heavy atom. The number of rotatable bonds is 5. The number of nitrogens with zero attached hydrogens (tertiary/aromatic N) is 2. The van der Waals surface area contributed by atoms with Crippen LogP contribution in [0.1, 0.15) is 40.5 Å². The van der Waals surface area contributed by atoms with Gasteiger partial charge in [-0.15, -0.1) is 0 Å². The van der Waals surface area contributed by atoms with Crippen LogP contribution in [0, 0.1) is 0 Å². The molecule has 1 aliphatic heterocycles. The van der Waals surface area contributed by atoms with Crippen LogP contribution < -0.4 is 10.1 Å². The van der Waals surface area contributed by atoms with Gasteiger partial charge in [0.05, 0.1) is 11.0 Å². The topological polar surface area (TPSA) is 97.0 Å². The maximum Gasteiger partial charge on any atom is 0.228 e. The molecule has 1 unspecified atom stereocenters. The highest BCUT2D eigenvalue weighted by molar-refractivity contribution is 6.08. The summed E-state index contributed by atoms with van der Waals surface area (Å²) in [7, 11) is 0. The molecule has 3 heterocycles. The van der Waals surface area contributed by atoms with Gasteiger partial charge in [0.15, 0.2) is 5.82 Å². The third-order valence-corrected chi connectivity index (χ3v) is 5.44. The van der Waals surface area contributed by atoms with Crippen molar-refractivity contribution < 1.29 is 14.3 Å². The first-order chi connectivity index (χ1) is 15.2. The first kappa shape index (κ1) is 19.0. The van der Waals surface area contributed by atoms with Gasteiger partial charge in [0.1, 0.15) is 5.75 Å². The van der Waals surface area contributed by atoms with Crippen molar-refractivity contribution in [3.63, 3.8) is 0 Å². The normalized spacial score (nSPS) is 16.1. The fraction of sp³-hybridized carbons (Fsp3) is 0.167. The Labute approximate surface area is 178 Å². The summed E-state index contributed by atoms with van der Waals surface area (Å²) < 4.78 is 6.02. The zero-order valence-electron chi connectivity index (χ0n) is 16.7. The Balaban J connectivity index is 1.34. The van der Waals surface area contributed by atoms with Gasteiger partial charge in [-0.1, -0.05) is 18.2 Å². The number of ketones is 1. The van der Waals surface area contributed by atoms with Crippen LogP contribution in [0.5, 0.6) is 11.6 Å². The maximum atomic E-state index is 12.8. The van der Waals surface area contributed by atoms with Crippen LogP contribution >= 0.6 is 0 Å². The number of imidazole rings is 1. The van der Waals surface area contributed by atoms with E-state index in [0.717, 1.165) is 23.0 Å². The SMILES string of the molecule is O=C1CCC(c2cccnc2Oc2ccc(C(=O)c3nc4ccccc4[nH]3)cc2)CN1. The third kappa shape index (κ3) is 3.90. The van der Waals surface area contributed by atoms with E-state index >= 15 is 0 Å². The smallest absolute Gasteiger partial charge is 0.228 e. The molecular weight excluding hydrogens is 392 g/mol. The molecule has 0 radical (unpaired) electrons. The molecule has 1 amide bonds. The monoisotopic (exact) mass is 412 g/mol. The lowest BCUT2D eigenvalue weighted by Gasteiger charge is -2.24. The minimum Gasteiger partial charge on any atom is -0.439 e. The molecule has 4 aromatic rings. The largest absolute Gasteiger partial charge is 0.439 e. The number of aromatic amines is 1. The Hall–Kier alpha value is -4.00. The number of hydrogen-bond acceptors (Lipinski definition) is 5. The summed E-state index contributed by atoms with van der Waals surface area (Å²) in [5, 5.41) is 2.90. The van der Waals surface area contributed by atoms with Crippen LogP contribution in [0.4, 0.5) is 0 Å². The van der Waals surface area contributed by atoms with E-state index in [9.17, 15) is 9.59 Å². The van der Waals surface area contributed by atoms with Gasteiger partial charge >= 0.3 is 0 Å². The van der Waals surface area contributed by atoms with Crippen molar-refractivity contribution in [2.75, 3.05) is 6.54 Å². The Morgan fingerprint density at radius 1 is 1.03 bits per heavy atom. The number of carbonyl (C=O) groups excluding carboxylic acids is 2. The quantitative estimate of drug-likeness (QED) is 0.484. The lowest BCUT2D eigenvalue weighted by molar-refractivity contribution is -0.122. The van der Waals surface area contributed by atoms with E-state index in [-0.39, 0.29) is 17.6 Å². The summed E-state index contributed by atoms with van der Waals surface area (Å²) in [6.07, 6.45) is 2.94. The van der Waals surface area contributed by atoms with Crippen molar-refractivity contribution >= 4 is 22.7 Å². The summed E-state index contributed by atoms with van der Waals surface area (Å²) in [6, 6.07) is 18.3. The average molecular weight is 412 g/mol. The highest BCUT2D eigenvalue weighted by Gasteiger charge is 2.23. The molecule has 1 atom stereocenters. The molecule has 0 spiro atoms. The lowest BCUT2D eigenvalue weighted by Crippen LogP contribution is -2.33. The number of nitrogens with one attached hydrogen (secondary N) is 2. The lowest BCUT2D eigenvalue weighted by atomic mass is 9.92. The van der Waals surface area contributed by atoms with Gasteiger partial charge in [-0.2, -0.15) is 0 Å². The van der Waals surface area contributed by atoms with Gasteiger partial charge in [0.2, 0.25) is 17.6 Å². The number of para-hydroxylation sites is 2. The summed E-state index contributed by atoms with van der Waals surface area (Å²) >= 11 is 0. The molecule has 2 aromatic carbocycles. The van der Waals surface area contributed by atoms with E-state index in [1.54, 1.807) is 30.5 Å². The number of piperidine rings is 1. The number of benzene rings is 2. The molecule has 154 valence electrons. The summed E-state index contributed by atoms with van der Waals surface area (Å²) in [4.78, 5) is 36.1. The molecule has 2 aromatic heterocycles. The van der Waals surface area contributed by atoms with E-state index in [4.69, 9.17) is 4.74 Å². The van der Waals surface area contributed by atoms with Gasteiger partial charge < -0.3 is 15.0 Å². The first-order valence-electron chi connectivity index (χ1n) is 10.2. The number of pyridine rings is 1. The number of carbonyl (C=O) groups is 2. The summed E-state index contributed by atoms with van der Waals surface area (Å²) in [5.41, 5.74) is 3.06. The average Bonchev–Trinajstić information content (AvgIpc) is 3.25. The van der Waals surface area contributed by atoms with Crippen molar-refractivity contribution in [2.45, 2.75) is 18.8 Å². The summed E-state index contributed by atoms with van der Waals surface area (Å²) in [5.74, 6) is 1.46. The molecular formula is C24H20N4O3. The Bertz CT molecular complexity index is 1220. The highest BCUT2D eigenvalue weighted by atomic mass is 16.5. The number of amides is 1. The van der Waals surface area contributed by atoms with E-state index in [0.29, 0.717) is 36.0 Å². The number of ether oxygens (including phenoxy) is 1. The molecule has 7 nitrogen and oxygen atoms in total. The molecule has 31 heavy (non-hydrogen) atoms. The first-order valence-corrected chi connectivity index (χ1v) is 10.2. The fourth-order valence-corrected chi connectivity index (χ4v) is 3.78. The van der Waals surface area contributed by atoms with Gasteiger partial charge in [-0.25, -0.2) is 9.97 Å². The maximum absolute atomic E-state index is 12.8. The molecule has 0 aliphatic carbocycles. The zero-order chi connectivity index (χ0) is 21.2. The standard InChI is InChI=1S/C24H20N4O3/c29-21-12-9-16(14-26-21)18-4-3-13-25-24(18)31-17-10-7-15(8-11-17)22(30)23-27-19-5-1-2-6-20(19)28-23/h1-8,10-11,13,16H,9,12,14H2,(H,26,29)(H,27,28). The van der Waals surface area contributed by atoms with Gasteiger partial charge in [-0.05, 0) is 48.9 Å². The van der Waals surface area contributed by atoms with Gasteiger partial charge in [0.25, 0.3) is 0 Å². The van der Waals surface area contributed by atoms with E-state index in [2.05, 4.69) is 20.3 Å². The molecule has 0 bridgehead atoms. The van der Waals surface area contributed by atoms with Crippen molar-refractivity contribution in [1.82, 2.24) is 20.3 Å². The number of aromatic nitrogens is 3. The molecule has 0 saturated carbocycles. The molecule has 1 aliphatic rings. The molecule has 5 rings (SSSR count). The number of hydrogen-bond donors (Lipinski definition) is 2. The second kappa shape index (κ2) is 8.02. The fourth-order valence-electron chi connectivity index (χ4n) is 3.78. The van der Waals surface area contributed by atoms with Crippen LogP contribution in [0.2, 0.25) is 0 Å². The van der Waals surface area contributed by atoms with Crippen LogP contribution in [0.3, 0.4) is 0 Å². The van der Waals surface area contributed by atoms with Gasteiger partial charge in [0, 0.05) is 36.2 Å². The summed E-state index contributed by atoms with van der Waals surface area (Å²) in [6.45, 7) is 0.575. The molecule has 7 heteroatoms. The van der Waals surface area contributed by atoms with E-state index in [1.165, 1.54) is 0 Å². The minimum atomic E-state index is -0.181. The molecule has 2 N–H and O–H groups in total. The Kier molecular flexibility index (Phi) is 4.92. The van der Waals surface area contributed by atoms with Crippen LogP contribution in [0.25, 0.3) is 11.0 Å². The van der Waals surface area contributed by atoms with E-state index < -0.39 is 0 Å². The minimum absolute atomic E-state index is 0.0762. The van der Waals surface area contributed by atoms with Crippen molar-refractivity contribution in [1.29, 1.82) is 0 Å². The second-order valence-electron chi connectivity index (χ2n) is 7.50. The highest BCUT2D eigenvalue weighted by Crippen LogP contribution is 2.32. The molecule has 1 saturated heterocycles. The van der Waals surface area contributed by atoms with Crippen LogP contribution in [-0.4, -0.2) is 33.2 Å². The third-order valence-electron chi connectivity index (χ3n) is 5.44. The van der Waals surface area contributed by atoms with Crippen molar-refractivity contribution in [3.05, 3.63) is 83.8 Å². The Morgan fingerprint density at radius 2 is 1.87 bits per heavy atom. The van der Waals surface area contributed by atoms with E-state index in [1.807, 2.05) is 36.4 Å². The predicted molar refractivity (Wildman–Crippen MR) is 115 cm³/mol. The molecule has 1 fully saturated rings. The van der Waals surface area contributed by atoms with Crippen molar-refractivity contribution in [3.8, 4) is 11.6 Å². The second-order valence-corrected chi connectivity index (χ2v) is 7.50.